The van der Waals surface area contributed by atoms with E-state index in [0.29, 0.717) is 0 Å². The zero-order valence-electron chi connectivity index (χ0n) is 3.07. The molecule has 1 aliphatic carbocycles. The Labute approximate surface area is 31.4 Å². The van der Waals surface area contributed by atoms with Crippen molar-refractivity contribution in [2.75, 3.05) is 6.54 Å². The molecule has 2 atom stereocenters. The van der Waals surface area contributed by atoms with Crippen LogP contribution in [0.25, 0.3) is 0 Å². The van der Waals surface area contributed by atoms with E-state index in [1.54, 1.807) is 0 Å². The topological polar surface area (TPSA) is 12.0 Å². The summed E-state index contributed by atoms with van der Waals surface area (Å²) in [6.45, 7) is 1.31. The maximum Gasteiger partial charge on any atom is 0.0112 e. The second kappa shape index (κ2) is 0.432. The van der Waals surface area contributed by atoms with E-state index in [1.165, 1.54) is 13.0 Å². The van der Waals surface area contributed by atoms with E-state index in [0.717, 1.165) is 12.0 Å². The van der Waals surface area contributed by atoms with Gasteiger partial charge in [-0.05, 0) is 18.9 Å². The highest BCUT2D eigenvalue weighted by atomic mass is 15.1. The molecule has 1 aliphatic heterocycles. The standard InChI is InChI=1S/C4H7N/c1-3-2-5-4(1)3/h3-5H,1-2H2/t3-,4+/m1/s1. The van der Waals surface area contributed by atoms with Gasteiger partial charge in [-0.1, -0.05) is 0 Å². The van der Waals surface area contributed by atoms with Gasteiger partial charge in [0.25, 0.3) is 0 Å². The molecule has 1 heterocycles. The summed E-state index contributed by atoms with van der Waals surface area (Å²) in [5, 5.41) is 3.28. The first kappa shape index (κ1) is 2.19. The Morgan fingerprint density at radius 2 is 2.40 bits per heavy atom. The Hall–Kier alpha value is -0.0400. The molecular weight excluding hydrogens is 62.1 g/mol. The van der Waals surface area contributed by atoms with Crippen molar-refractivity contribution in [2.45, 2.75) is 12.5 Å². The molecule has 0 aromatic carbocycles. The molecule has 2 rings (SSSR count). The Morgan fingerprint density at radius 3 is 2.40 bits per heavy atom. The molecule has 2 fully saturated rings. The minimum atomic E-state index is 0.981. The molecule has 0 amide bonds. The average molecular weight is 69.1 g/mol. The lowest BCUT2D eigenvalue weighted by Crippen LogP contribution is -2.32. The van der Waals surface area contributed by atoms with Crippen LogP contribution in [0.4, 0.5) is 0 Å². The molecule has 0 unspecified atom stereocenters. The van der Waals surface area contributed by atoms with Crippen LogP contribution in [-0.2, 0) is 0 Å². The third-order valence-corrected chi connectivity index (χ3v) is 1.56. The third-order valence-electron chi connectivity index (χ3n) is 1.56. The normalized spacial score (nSPS) is 57.6. The number of hydrogen-bond donors (Lipinski definition) is 1. The van der Waals surface area contributed by atoms with Crippen LogP contribution in [0.1, 0.15) is 6.42 Å². The smallest absolute Gasteiger partial charge is 0.0112 e. The molecule has 1 saturated heterocycles. The van der Waals surface area contributed by atoms with Crippen LogP contribution in [0.2, 0.25) is 0 Å². The van der Waals surface area contributed by atoms with Crippen molar-refractivity contribution in [1.82, 2.24) is 5.32 Å². The molecule has 2 aliphatic rings. The maximum atomic E-state index is 3.28. The van der Waals surface area contributed by atoms with Gasteiger partial charge < -0.3 is 5.32 Å². The van der Waals surface area contributed by atoms with Gasteiger partial charge in [-0.3, -0.25) is 0 Å². The second-order valence-electron chi connectivity index (χ2n) is 2.01. The van der Waals surface area contributed by atoms with Crippen molar-refractivity contribution in [3.05, 3.63) is 0 Å². The Balaban J connectivity index is 2.19. The molecule has 0 aromatic rings. The largest absolute Gasteiger partial charge is 0.313 e. The molecule has 0 bridgehead atoms. The minimum absolute atomic E-state index is 0.981. The quantitative estimate of drug-likeness (QED) is 0.421. The highest BCUT2D eigenvalue weighted by Gasteiger charge is 2.44. The van der Waals surface area contributed by atoms with Crippen LogP contribution in [0.5, 0.6) is 0 Å². The van der Waals surface area contributed by atoms with Crippen LogP contribution in [-0.4, -0.2) is 12.6 Å². The summed E-state index contributed by atoms with van der Waals surface area (Å²) < 4.78 is 0. The molecule has 1 nitrogen and oxygen atoms in total. The Kier molecular flexibility index (Phi) is 0.189. The second-order valence-corrected chi connectivity index (χ2v) is 2.01. The Morgan fingerprint density at radius 1 is 1.60 bits per heavy atom. The van der Waals surface area contributed by atoms with Crippen molar-refractivity contribution >= 4 is 0 Å². The van der Waals surface area contributed by atoms with E-state index in [1.807, 2.05) is 0 Å². The number of nitrogens with one attached hydrogen (secondary N) is 1. The number of hydrogen-bond acceptors (Lipinski definition) is 1. The van der Waals surface area contributed by atoms with Crippen molar-refractivity contribution < 1.29 is 0 Å². The summed E-state index contributed by atoms with van der Waals surface area (Å²) in [5.74, 6) is 1.12. The van der Waals surface area contributed by atoms with E-state index in [-0.39, 0.29) is 0 Å². The van der Waals surface area contributed by atoms with Gasteiger partial charge in [0.2, 0.25) is 0 Å². The van der Waals surface area contributed by atoms with E-state index in [9.17, 15) is 0 Å². The van der Waals surface area contributed by atoms with Crippen molar-refractivity contribution in [1.29, 1.82) is 0 Å². The summed E-state index contributed by atoms with van der Waals surface area (Å²) in [6.07, 6.45) is 1.47. The summed E-state index contributed by atoms with van der Waals surface area (Å²) in [6, 6.07) is 0.981. The highest BCUT2D eigenvalue weighted by Crippen LogP contribution is 2.36. The maximum absolute atomic E-state index is 3.28. The molecule has 5 heavy (non-hydrogen) atoms. The number of fused-ring (bicyclic) bond motifs is 1. The summed E-state index contributed by atoms with van der Waals surface area (Å²) >= 11 is 0. The first-order valence-electron chi connectivity index (χ1n) is 2.20. The molecule has 0 aromatic heterocycles. The highest BCUT2D eigenvalue weighted by molar-refractivity contribution is 5.03. The van der Waals surface area contributed by atoms with Gasteiger partial charge in [0.1, 0.15) is 0 Å². The SMILES string of the molecule is C1N[C@H]2C[C@H]12. The van der Waals surface area contributed by atoms with Gasteiger partial charge in [-0.2, -0.15) is 0 Å². The fraction of sp³-hybridized carbons (Fsp3) is 1.00. The van der Waals surface area contributed by atoms with Crippen LogP contribution >= 0.6 is 0 Å². The van der Waals surface area contributed by atoms with Gasteiger partial charge in [0, 0.05) is 6.04 Å². The fourth-order valence-corrected chi connectivity index (χ4v) is 0.865. The van der Waals surface area contributed by atoms with Gasteiger partial charge in [-0.15, -0.1) is 0 Å². The zero-order valence-corrected chi connectivity index (χ0v) is 3.07. The lowest BCUT2D eigenvalue weighted by molar-refractivity contribution is 0.506. The van der Waals surface area contributed by atoms with Crippen LogP contribution in [0.3, 0.4) is 0 Å². The fourth-order valence-electron chi connectivity index (χ4n) is 0.865. The van der Waals surface area contributed by atoms with Crippen molar-refractivity contribution in [3.8, 4) is 0 Å². The predicted molar refractivity (Wildman–Crippen MR) is 19.9 cm³/mol. The van der Waals surface area contributed by atoms with E-state index < -0.39 is 0 Å². The molecule has 1 saturated carbocycles. The summed E-state index contributed by atoms with van der Waals surface area (Å²) in [4.78, 5) is 0. The third kappa shape index (κ3) is 0.127. The zero-order chi connectivity index (χ0) is 3.28. The molecule has 0 radical (unpaired) electrons. The van der Waals surface area contributed by atoms with E-state index in [2.05, 4.69) is 5.32 Å². The van der Waals surface area contributed by atoms with E-state index >= 15 is 0 Å². The monoisotopic (exact) mass is 69.1 g/mol. The van der Waals surface area contributed by atoms with Crippen LogP contribution in [0.15, 0.2) is 0 Å². The average Bonchev–Trinajstić information content (AvgIpc) is 1.74. The summed E-state index contributed by atoms with van der Waals surface area (Å²) in [5.41, 5.74) is 0. The molecule has 28 valence electrons. The summed E-state index contributed by atoms with van der Waals surface area (Å²) in [7, 11) is 0. The molecule has 0 spiro atoms. The van der Waals surface area contributed by atoms with Crippen LogP contribution in [0, 0.1) is 5.92 Å². The number of rotatable bonds is 0. The van der Waals surface area contributed by atoms with Crippen molar-refractivity contribution in [3.63, 3.8) is 0 Å². The molecule has 1 N–H and O–H groups in total. The first-order valence-corrected chi connectivity index (χ1v) is 2.20. The van der Waals surface area contributed by atoms with Gasteiger partial charge in [0.15, 0.2) is 0 Å². The lowest BCUT2D eigenvalue weighted by atomic mass is 10.3. The molecular formula is C4H7N. The lowest BCUT2D eigenvalue weighted by Gasteiger charge is -2.09. The van der Waals surface area contributed by atoms with Gasteiger partial charge in [-0.25, -0.2) is 0 Å². The molecule has 1 heteroatoms. The van der Waals surface area contributed by atoms with Crippen molar-refractivity contribution in [2.24, 2.45) is 5.92 Å². The van der Waals surface area contributed by atoms with Gasteiger partial charge >= 0.3 is 0 Å². The first-order chi connectivity index (χ1) is 2.47. The Bertz CT molecular complexity index is 48.7. The van der Waals surface area contributed by atoms with E-state index in [4.69, 9.17) is 0 Å². The minimum Gasteiger partial charge on any atom is -0.313 e. The van der Waals surface area contributed by atoms with Crippen LogP contribution < -0.4 is 5.32 Å². The van der Waals surface area contributed by atoms with Gasteiger partial charge in [0.05, 0.1) is 0 Å². The predicted octanol–water partition coefficient (Wildman–Crippen LogP) is -0.0219.